The lowest BCUT2D eigenvalue weighted by Gasteiger charge is -2.38. The highest BCUT2D eigenvalue weighted by Crippen LogP contribution is 2.26. The van der Waals surface area contributed by atoms with E-state index < -0.39 is 18.3 Å². The predicted octanol–water partition coefficient (Wildman–Crippen LogP) is 2.63. The second-order valence-electron chi connectivity index (χ2n) is 6.96. The summed E-state index contributed by atoms with van der Waals surface area (Å²) in [6, 6.07) is 5.01. The molecule has 1 aromatic carbocycles. The van der Waals surface area contributed by atoms with Crippen molar-refractivity contribution in [1.29, 1.82) is 0 Å². The first kappa shape index (κ1) is 19.3. The third-order valence-corrected chi connectivity index (χ3v) is 3.86. The van der Waals surface area contributed by atoms with E-state index in [1.54, 1.807) is 45.9 Å². The number of halogens is 1. The molecule has 124 valence electrons. The average Bonchev–Trinajstić information content (AvgIpc) is 2.33. The average molecular weight is 329 g/mol. The minimum absolute atomic E-state index is 0.387. The van der Waals surface area contributed by atoms with Crippen LogP contribution in [0.2, 0.25) is 5.02 Å². The second kappa shape index (κ2) is 7.22. The van der Waals surface area contributed by atoms with E-state index in [0.717, 1.165) is 0 Å². The first-order valence-electron chi connectivity index (χ1n) is 7.44. The van der Waals surface area contributed by atoms with Gasteiger partial charge in [0.15, 0.2) is 0 Å². The summed E-state index contributed by atoms with van der Waals surface area (Å²) in [5, 5.41) is 20.9. The van der Waals surface area contributed by atoms with Gasteiger partial charge >= 0.3 is 7.12 Å². The van der Waals surface area contributed by atoms with Crippen molar-refractivity contribution in [3.8, 4) is 5.75 Å². The van der Waals surface area contributed by atoms with Gasteiger partial charge in [0.05, 0.1) is 17.8 Å². The third kappa shape index (κ3) is 5.47. The third-order valence-electron chi connectivity index (χ3n) is 3.64. The molecule has 0 saturated heterocycles. The van der Waals surface area contributed by atoms with Crippen LogP contribution in [-0.2, 0) is 4.65 Å². The molecule has 0 unspecified atom stereocenters. The van der Waals surface area contributed by atoms with Gasteiger partial charge in [-0.2, -0.15) is 0 Å². The number of hydrogen-bond donors (Lipinski definition) is 2. The van der Waals surface area contributed by atoms with Gasteiger partial charge in [-0.3, -0.25) is 0 Å². The smallest absolute Gasteiger partial charge is 0.491 e. The first-order chi connectivity index (χ1) is 9.92. The maximum Gasteiger partial charge on any atom is 0.491 e. The summed E-state index contributed by atoms with van der Waals surface area (Å²) in [5.74, 6) is 0.970. The summed E-state index contributed by atoms with van der Waals surface area (Å²) in [4.78, 5) is 0. The molecule has 0 aliphatic carbocycles. The van der Waals surface area contributed by atoms with Crippen molar-refractivity contribution in [3.05, 3.63) is 23.2 Å². The fourth-order valence-corrected chi connectivity index (χ4v) is 1.80. The zero-order valence-corrected chi connectivity index (χ0v) is 14.9. The zero-order valence-electron chi connectivity index (χ0n) is 14.2. The molecule has 22 heavy (non-hydrogen) atoms. The largest absolute Gasteiger partial charge is 0.493 e. The van der Waals surface area contributed by atoms with Gasteiger partial charge < -0.3 is 19.5 Å². The Hall–Kier alpha value is -0.745. The lowest BCUT2D eigenvalue weighted by molar-refractivity contribution is -0.0982. The standard InChI is InChI=1S/C16H26BClO4/c1-11(2)10-21-14-8-12(7-13(18)9-14)17(20)22-16(5,6)15(3,4)19/h7-9,11,19-20H,10H2,1-6H3. The van der Waals surface area contributed by atoms with E-state index in [9.17, 15) is 10.1 Å². The number of ether oxygens (including phenoxy) is 1. The Kier molecular flexibility index (Phi) is 6.33. The number of hydrogen-bond acceptors (Lipinski definition) is 4. The SMILES string of the molecule is CC(C)COc1cc(Cl)cc(B(O)OC(C)(C)C(C)(C)O)c1. The molecule has 1 rings (SSSR count). The number of benzene rings is 1. The molecule has 0 atom stereocenters. The second-order valence-corrected chi connectivity index (χ2v) is 7.40. The topological polar surface area (TPSA) is 58.9 Å². The minimum atomic E-state index is -1.21. The van der Waals surface area contributed by atoms with Gasteiger partial charge in [0.25, 0.3) is 0 Å². The van der Waals surface area contributed by atoms with Crippen molar-refractivity contribution in [2.24, 2.45) is 5.92 Å². The first-order valence-corrected chi connectivity index (χ1v) is 7.82. The molecule has 0 amide bonds. The van der Waals surface area contributed by atoms with E-state index in [4.69, 9.17) is 21.0 Å². The monoisotopic (exact) mass is 328 g/mol. The molecule has 4 nitrogen and oxygen atoms in total. The molecule has 0 heterocycles. The van der Waals surface area contributed by atoms with Crippen LogP contribution in [0, 0.1) is 5.92 Å². The van der Waals surface area contributed by atoms with E-state index in [0.29, 0.717) is 28.8 Å². The minimum Gasteiger partial charge on any atom is -0.493 e. The van der Waals surface area contributed by atoms with Crippen LogP contribution in [0.1, 0.15) is 41.5 Å². The van der Waals surface area contributed by atoms with Gasteiger partial charge in [0, 0.05) is 5.02 Å². The highest BCUT2D eigenvalue weighted by atomic mass is 35.5. The lowest BCUT2D eigenvalue weighted by Crippen LogP contribution is -2.53. The van der Waals surface area contributed by atoms with Crippen LogP contribution in [0.4, 0.5) is 0 Å². The van der Waals surface area contributed by atoms with Gasteiger partial charge in [-0.05, 0) is 57.3 Å². The van der Waals surface area contributed by atoms with Gasteiger partial charge in [0.2, 0.25) is 0 Å². The Labute approximate surface area is 138 Å². The summed E-state index contributed by atoms with van der Waals surface area (Å²) < 4.78 is 11.3. The van der Waals surface area contributed by atoms with Gasteiger partial charge in [-0.1, -0.05) is 25.4 Å². The highest BCUT2D eigenvalue weighted by Gasteiger charge is 2.39. The van der Waals surface area contributed by atoms with Gasteiger partial charge in [-0.25, -0.2) is 0 Å². The summed E-state index contributed by atoms with van der Waals surface area (Å²) >= 11 is 6.07. The molecule has 0 radical (unpaired) electrons. The Bertz CT molecular complexity index is 497. The number of rotatable bonds is 7. The van der Waals surface area contributed by atoms with Crippen molar-refractivity contribution >= 4 is 24.2 Å². The van der Waals surface area contributed by atoms with E-state index in [2.05, 4.69) is 13.8 Å². The maximum absolute atomic E-state index is 10.3. The zero-order chi connectivity index (χ0) is 17.1. The molecule has 2 N–H and O–H groups in total. The van der Waals surface area contributed by atoms with Gasteiger partial charge in [0.1, 0.15) is 5.75 Å². The van der Waals surface area contributed by atoms with E-state index in [1.165, 1.54) is 0 Å². The Morgan fingerprint density at radius 1 is 1.18 bits per heavy atom. The molecular formula is C16H26BClO4. The summed E-state index contributed by atoms with van der Waals surface area (Å²) in [6.45, 7) is 11.4. The normalized spacial score (nSPS) is 12.6. The molecular weight excluding hydrogens is 302 g/mol. The molecule has 0 aliphatic heterocycles. The van der Waals surface area contributed by atoms with Crippen LogP contribution in [0.25, 0.3) is 0 Å². The molecule has 0 fully saturated rings. The van der Waals surface area contributed by atoms with Crippen molar-refractivity contribution in [2.75, 3.05) is 6.61 Å². The van der Waals surface area contributed by atoms with Gasteiger partial charge in [-0.15, -0.1) is 0 Å². The van der Waals surface area contributed by atoms with Crippen LogP contribution in [0.15, 0.2) is 18.2 Å². The fourth-order valence-electron chi connectivity index (χ4n) is 1.56. The molecule has 0 aliphatic rings. The molecule has 6 heteroatoms. The van der Waals surface area contributed by atoms with E-state index in [1.807, 2.05) is 0 Å². The molecule has 0 spiro atoms. The summed E-state index contributed by atoms with van der Waals surface area (Å²) in [6.07, 6.45) is 0. The maximum atomic E-state index is 10.3. The molecule has 0 bridgehead atoms. The van der Waals surface area contributed by atoms with Crippen LogP contribution in [-0.4, -0.2) is 35.1 Å². The molecule has 1 aromatic rings. The van der Waals surface area contributed by atoms with Crippen molar-refractivity contribution in [3.63, 3.8) is 0 Å². The fraction of sp³-hybridized carbons (Fsp3) is 0.625. The van der Waals surface area contributed by atoms with Crippen LogP contribution >= 0.6 is 11.6 Å². The lowest BCUT2D eigenvalue weighted by atomic mass is 9.76. The predicted molar refractivity (Wildman–Crippen MR) is 90.9 cm³/mol. The summed E-state index contributed by atoms with van der Waals surface area (Å²) in [5.41, 5.74) is -1.56. The van der Waals surface area contributed by atoms with Crippen LogP contribution in [0.3, 0.4) is 0 Å². The van der Waals surface area contributed by atoms with Crippen molar-refractivity contribution < 1.29 is 19.5 Å². The Balaban J connectivity index is 2.91. The highest BCUT2D eigenvalue weighted by molar-refractivity contribution is 6.60. The van der Waals surface area contributed by atoms with Crippen LogP contribution in [0.5, 0.6) is 5.75 Å². The molecule has 0 saturated carbocycles. The Morgan fingerprint density at radius 3 is 2.27 bits per heavy atom. The van der Waals surface area contributed by atoms with E-state index >= 15 is 0 Å². The quantitative estimate of drug-likeness (QED) is 0.756. The summed E-state index contributed by atoms with van der Waals surface area (Å²) in [7, 11) is -1.21. The van der Waals surface area contributed by atoms with Crippen LogP contribution < -0.4 is 10.2 Å². The van der Waals surface area contributed by atoms with Crippen molar-refractivity contribution in [1.82, 2.24) is 0 Å². The molecule has 0 aromatic heterocycles. The Morgan fingerprint density at radius 2 is 1.77 bits per heavy atom. The van der Waals surface area contributed by atoms with Crippen molar-refractivity contribution in [2.45, 2.75) is 52.7 Å². The van der Waals surface area contributed by atoms with E-state index in [-0.39, 0.29) is 0 Å². The number of aliphatic hydroxyl groups is 1.